The van der Waals surface area contributed by atoms with Gasteiger partial charge in [0.25, 0.3) is 5.91 Å². The summed E-state index contributed by atoms with van der Waals surface area (Å²) in [5, 5.41) is 2.90. The third-order valence-corrected chi connectivity index (χ3v) is 4.95. The van der Waals surface area contributed by atoms with Gasteiger partial charge in [-0.2, -0.15) is 0 Å². The number of hydrogen-bond acceptors (Lipinski definition) is 1. The van der Waals surface area contributed by atoms with E-state index in [1.165, 1.54) is 5.56 Å². The molecule has 2 rings (SSSR count). The Morgan fingerprint density at radius 1 is 1.16 bits per heavy atom. The Labute approximate surface area is 142 Å². The summed E-state index contributed by atoms with van der Waals surface area (Å²) in [7, 11) is 0. The van der Waals surface area contributed by atoms with E-state index in [0.717, 1.165) is 18.2 Å². The maximum Gasteiger partial charge on any atom is 0.256 e. The molecule has 0 fully saturated rings. The number of nitrogens with one attached hydrogen (secondary N) is 1. The van der Waals surface area contributed by atoms with Crippen LogP contribution in [0.15, 0.2) is 45.3 Å². The molecule has 2 aromatic carbocycles. The van der Waals surface area contributed by atoms with Crippen molar-refractivity contribution in [1.82, 2.24) is 0 Å². The lowest BCUT2D eigenvalue weighted by molar-refractivity contribution is 0.102. The predicted octanol–water partition coefficient (Wildman–Crippen LogP) is 5.38. The van der Waals surface area contributed by atoms with Gasteiger partial charge < -0.3 is 5.32 Å². The molecule has 1 N–H and O–H groups in total. The van der Waals surface area contributed by atoms with Gasteiger partial charge in [-0.15, -0.1) is 0 Å². The van der Waals surface area contributed by atoms with E-state index in [1.54, 1.807) is 6.07 Å². The minimum atomic E-state index is -0.132. The number of rotatable bonds is 2. The maximum absolute atomic E-state index is 12.2. The third-order valence-electron chi connectivity index (χ3n) is 2.60. The number of hydrogen-bond donors (Lipinski definition) is 1. The maximum atomic E-state index is 12.2. The molecule has 19 heavy (non-hydrogen) atoms. The van der Waals surface area contributed by atoms with E-state index in [2.05, 4.69) is 59.8 Å². The lowest BCUT2D eigenvalue weighted by atomic mass is 10.2. The van der Waals surface area contributed by atoms with Gasteiger partial charge in [-0.05, 0) is 81.3 Å². The predicted molar refractivity (Wildman–Crippen MR) is 93.7 cm³/mol. The Morgan fingerprint density at radius 3 is 2.58 bits per heavy atom. The Morgan fingerprint density at radius 2 is 1.89 bits per heavy atom. The van der Waals surface area contributed by atoms with Crippen LogP contribution in [0.4, 0.5) is 5.69 Å². The van der Waals surface area contributed by atoms with Crippen LogP contribution >= 0.6 is 54.5 Å². The molecule has 0 spiro atoms. The molecule has 2 nitrogen and oxygen atoms in total. The molecule has 0 atom stereocenters. The fourth-order valence-corrected chi connectivity index (χ4v) is 2.84. The molecular weight excluding hydrogens is 485 g/mol. The smallest absolute Gasteiger partial charge is 0.256 e. The van der Waals surface area contributed by atoms with Crippen molar-refractivity contribution in [3.63, 3.8) is 0 Å². The topological polar surface area (TPSA) is 29.1 Å². The molecule has 0 aromatic heterocycles. The fraction of sp³-hybridized carbons (Fsp3) is 0.0714. The number of carbonyl (C=O) groups is 1. The van der Waals surface area contributed by atoms with Crippen LogP contribution in [-0.4, -0.2) is 5.91 Å². The first-order valence-corrected chi connectivity index (χ1v) is 8.16. The minimum absolute atomic E-state index is 0.132. The van der Waals surface area contributed by atoms with Gasteiger partial charge in [0.15, 0.2) is 0 Å². The summed E-state index contributed by atoms with van der Waals surface area (Å²) < 4.78 is 2.78. The Bertz CT molecular complexity index is 643. The minimum Gasteiger partial charge on any atom is -0.322 e. The van der Waals surface area contributed by atoms with E-state index < -0.39 is 0 Å². The van der Waals surface area contributed by atoms with Gasteiger partial charge in [0.2, 0.25) is 0 Å². The van der Waals surface area contributed by atoms with Crippen molar-refractivity contribution in [3.05, 3.63) is 60.0 Å². The molecule has 0 saturated carbocycles. The zero-order valence-electron chi connectivity index (χ0n) is 10.0. The highest BCUT2D eigenvalue weighted by atomic mass is 127. The first-order chi connectivity index (χ1) is 8.97. The SMILES string of the molecule is Cc1ccc(NC(=O)c2cc(Br)ccc2Br)cc1I. The Kier molecular flexibility index (Phi) is 5.03. The van der Waals surface area contributed by atoms with Crippen LogP contribution in [0.3, 0.4) is 0 Å². The normalized spacial score (nSPS) is 10.3. The highest BCUT2D eigenvalue weighted by Crippen LogP contribution is 2.23. The second kappa shape index (κ2) is 6.37. The largest absolute Gasteiger partial charge is 0.322 e. The molecule has 0 aliphatic carbocycles. The van der Waals surface area contributed by atoms with Crippen molar-refractivity contribution < 1.29 is 4.79 Å². The standard InChI is InChI=1S/C14H10Br2INO/c1-8-2-4-10(7-13(8)17)18-14(19)11-6-9(15)3-5-12(11)16/h2-7H,1H3,(H,18,19). The Hall–Kier alpha value is -0.400. The summed E-state index contributed by atoms with van der Waals surface area (Å²) in [5.41, 5.74) is 2.60. The van der Waals surface area contributed by atoms with Crippen molar-refractivity contribution in [2.24, 2.45) is 0 Å². The van der Waals surface area contributed by atoms with Crippen LogP contribution in [0.5, 0.6) is 0 Å². The van der Waals surface area contributed by atoms with Crippen LogP contribution < -0.4 is 5.32 Å². The van der Waals surface area contributed by atoms with Gasteiger partial charge in [-0.3, -0.25) is 4.79 Å². The third kappa shape index (κ3) is 3.79. The monoisotopic (exact) mass is 493 g/mol. The average Bonchev–Trinajstić information content (AvgIpc) is 2.36. The van der Waals surface area contributed by atoms with Crippen molar-refractivity contribution in [2.45, 2.75) is 6.92 Å². The molecule has 0 unspecified atom stereocenters. The van der Waals surface area contributed by atoms with Crippen molar-refractivity contribution in [1.29, 1.82) is 0 Å². The molecule has 5 heteroatoms. The lowest BCUT2D eigenvalue weighted by Crippen LogP contribution is -2.12. The van der Waals surface area contributed by atoms with Gasteiger partial charge in [-0.1, -0.05) is 22.0 Å². The highest BCUT2D eigenvalue weighted by molar-refractivity contribution is 14.1. The van der Waals surface area contributed by atoms with E-state index in [0.29, 0.717) is 5.56 Å². The van der Waals surface area contributed by atoms with Gasteiger partial charge in [0.1, 0.15) is 0 Å². The zero-order chi connectivity index (χ0) is 14.0. The molecule has 0 saturated heterocycles. The molecule has 0 heterocycles. The Balaban J connectivity index is 2.25. The number of aryl methyl sites for hydroxylation is 1. The van der Waals surface area contributed by atoms with Crippen LogP contribution in [0.25, 0.3) is 0 Å². The summed E-state index contributed by atoms with van der Waals surface area (Å²) in [5.74, 6) is -0.132. The molecule has 98 valence electrons. The van der Waals surface area contributed by atoms with E-state index in [-0.39, 0.29) is 5.91 Å². The molecular formula is C14H10Br2INO. The first kappa shape index (κ1) is 15.0. The average molecular weight is 495 g/mol. The lowest BCUT2D eigenvalue weighted by Gasteiger charge is -2.08. The van der Waals surface area contributed by atoms with E-state index in [1.807, 2.05) is 37.3 Å². The van der Waals surface area contributed by atoms with E-state index in [4.69, 9.17) is 0 Å². The second-order valence-electron chi connectivity index (χ2n) is 4.04. The van der Waals surface area contributed by atoms with Crippen molar-refractivity contribution in [3.8, 4) is 0 Å². The van der Waals surface area contributed by atoms with Crippen LogP contribution in [0, 0.1) is 10.5 Å². The highest BCUT2D eigenvalue weighted by Gasteiger charge is 2.11. The molecule has 0 radical (unpaired) electrons. The van der Waals surface area contributed by atoms with Gasteiger partial charge in [0.05, 0.1) is 5.56 Å². The quantitative estimate of drug-likeness (QED) is 0.558. The summed E-state index contributed by atoms with van der Waals surface area (Å²) in [6, 6.07) is 11.4. The van der Waals surface area contributed by atoms with E-state index >= 15 is 0 Å². The number of benzene rings is 2. The van der Waals surface area contributed by atoms with Gasteiger partial charge in [0, 0.05) is 18.2 Å². The molecule has 1 amide bonds. The second-order valence-corrected chi connectivity index (χ2v) is 6.97. The number of anilines is 1. The summed E-state index contributed by atoms with van der Waals surface area (Å²) in [6.07, 6.45) is 0. The summed E-state index contributed by atoms with van der Waals surface area (Å²) in [4.78, 5) is 12.2. The summed E-state index contributed by atoms with van der Waals surface area (Å²) in [6.45, 7) is 2.04. The molecule has 0 aliphatic heterocycles. The van der Waals surface area contributed by atoms with E-state index in [9.17, 15) is 4.79 Å². The zero-order valence-corrected chi connectivity index (χ0v) is 15.3. The van der Waals surface area contributed by atoms with Crippen LogP contribution in [0.2, 0.25) is 0 Å². The fourth-order valence-electron chi connectivity index (χ4n) is 1.54. The summed E-state index contributed by atoms with van der Waals surface area (Å²) >= 11 is 9.01. The molecule has 0 aliphatic rings. The van der Waals surface area contributed by atoms with Gasteiger partial charge >= 0.3 is 0 Å². The number of amides is 1. The number of carbonyl (C=O) groups excluding carboxylic acids is 1. The number of halogens is 3. The van der Waals surface area contributed by atoms with Gasteiger partial charge in [-0.25, -0.2) is 0 Å². The van der Waals surface area contributed by atoms with Crippen molar-refractivity contribution in [2.75, 3.05) is 5.32 Å². The molecule has 0 bridgehead atoms. The van der Waals surface area contributed by atoms with Crippen molar-refractivity contribution >= 4 is 66.0 Å². The molecule has 2 aromatic rings. The first-order valence-electron chi connectivity index (χ1n) is 5.50. The van der Waals surface area contributed by atoms with Crippen LogP contribution in [0.1, 0.15) is 15.9 Å². The van der Waals surface area contributed by atoms with Crippen LogP contribution in [-0.2, 0) is 0 Å².